The predicted octanol–water partition coefficient (Wildman–Crippen LogP) is 2.94. The molecule has 1 amide bonds. The van der Waals surface area contributed by atoms with Crippen LogP contribution in [0.25, 0.3) is 0 Å². The van der Waals surface area contributed by atoms with Gasteiger partial charge in [-0.15, -0.1) is 11.3 Å². The molecule has 1 aliphatic rings. The lowest BCUT2D eigenvalue weighted by molar-refractivity contribution is -0.148. The Morgan fingerprint density at radius 2 is 2.17 bits per heavy atom. The standard InChI is InChI=1S/C16H24N2O4S/c1-11-17-12(10-23-11)5-6-14(19)21-13-7-8-18(9-13)15(20)22-16(2,3)4/h10,13H,5-9H2,1-4H3/t13-/m0/s1. The molecule has 1 aliphatic heterocycles. The van der Waals surface area contributed by atoms with Gasteiger partial charge in [0.25, 0.3) is 0 Å². The third-order valence-electron chi connectivity index (χ3n) is 3.35. The maximum absolute atomic E-state index is 12.0. The highest BCUT2D eigenvalue weighted by Gasteiger charge is 2.31. The van der Waals surface area contributed by atoms with Gasteiger partial charge in [-0.2, -0.15) is 0 Å². The molecule has 2 heterocycles. The normalized spacial score (nSPS) is 18.1. The van der Waals surface area contributed by atoms with Crippen LogP contribution < -0.4 is 0 Å². The van der Waals surface area contributed by atoms with Gasteiger partial charge in [-0.05, 0) is 27.7 Å². The molecule has 0 saturated carbocycles. The fourth-order valence-electron chi connectivity index (χ4n) is 2.31. The molecular formula is C16H24N2O4S. The van der Waals surface area contributed by atoms with Crippen LogP contribution in [-0.2, 0) is 20.7 Å². The number of amides is 1. The Hall–Kier alpha value is -1.63. The molecule has 23 heavy (non-hydrogen) atoms. The van der Waals surface area contributed by atoms with Crippen LogP contribution in [0.5, 0.6) is 0 Å². The Balaban J connectivity index is 1.72. The van der Waals surface area contributed by atoms with E-state index in [4.69, 9.17) is 9.47 Å². The molecule has 0 unspecified atom stereocenters. The van der Waals surface area contributed by atoms with Gasteiger partial charge in [0.1, 0.15) is 11.7 Å². The second-order valence-electron chi connectivity index (χ2n) is 6.68. The zero-order chi connectivity index (χ0) is 17.0. The Kier molecular flexibility index (Phi) is 5.62. The number of nitrogens with zero attached hydrogens (tertiary/aromatic N) is 2. The quantitative estimate of drug-likeness (QED) is 0.788. The highest BCUT2D eigenvalue weighted by Crippen LogP contribution is 2.18. The number of ether oxygens (including phenoxy) is 2. The molecule has 0 spiro atoms. The summed E-state index contributed by atoms with van der Waals surface area (Å²) in [7, 11) is 0. The fraction of sp³-hybridized carbons (Fsp3) is 0.688. The topological polar surface area (TPSA) is 68.7 Å². The lowest BCUT2D eigenvalue weighted by Gasteiger charge is -2.24. The van der Waals surface area contributed by atoms with Crippen LogP contribution in [0.2, 0.25) is 0 Å². The van der Waals surface area contributed by atoms with Crippen LogP contribution in [0.3, 0.4) is 0 Å². The number of carbonyl (C=O) groups excluding carboxylic acids is 2. The van der Waals surface area contributed by atoms with Crippen LogP contribution in [-0.4, -0.2) is 46.7 Å². The van der Waals surface area contributed by atoms with Crippen molar-refractivity contribution >= 4 is 23.4 Å². The van der Waals surface area contributed by atoms with Crippen LogP contribution in [0.15, 0.2) is 5.38 Å². The predicted molar refractivity (Wildman–Crippen MR) is 87.5 cm³/mol. The molecule has 0 aromatic carbocycles. The maximum atomic E-state index is 12.0. The molecule has 1 atom stereocenters. The maximum Gasteiger partial charge on any atom is 0.410 e. The molecule has 0 bridgehead atoms. The van der Waals surface area contributed by atoms with Crippen LogP contribution in [0.1, 0.15) is 44.3 Å². The number of esters is 1. The molecule has 1 saturated heterocycles. The first-order valence-electron chi connectivity index (χ1n) is 7.81. The van der Waals surface area contributed by atoms with E-state index in [0.717, 1.165) is 10.7 Å². The zero-order valence-corrected chi connectivity index (χ0v) is 14.9. The van der Waals surface area contributed by atoms with Crippen LogP contribution in [0, 0.1) is 6.92 Å². The fourth-order valence-corrected chi connectivity index (χ4v) is 2.96. The van der Waals surface area contributed by atoms with Gasteiger partial charge >= 0.3 is 12.1 Å². The van der Waals surface area contributed by atoms with E-state index in [9.17, 15) is 9.59 Å². The average Bonchev–Trinajstić information content (AvgIpc) is 3.04. The highest BCUT2D eigenvalue weighted by molar-refractivity contribution is 7.09. The van der Waals surface area contributed by atoms with Crippen molar-refractivity contribution in [3.63, 3.8) is 0 Å². The Labute approximate surface area is 140 Å². The summed E-state index contributed by atoms with van der Waals surface area (Å²) in [4.78, 5) is 29.8. The zero-order valence-electron chi connectivity index (χ0n) is 14.1. The summed E-state index contributed by atoms with van der Waals surface area (Å²) in [6, 6.07) is 0. The molecule has 6 nitrogen and oxygen atoms in total. The molecule has 1 aromatic rings. The first-order chi connectivity index (χ1) is 10.7. The minimum absolute atomic E-state index is 0.243. The molecule has 1 aromatic heterocycles. The number of likely N-dealkylation sites (tertiary alicyclic amines) is 1. The number of hydrogen-bond donors (Lipinski definition) is 0. The van der Waals surface area contributed by atoms with Crippen molar-refractivity contribution in [3.8, 4) is 0 Å². The van der Waals surface area contributed by atoms with Gasteiger partial charge < -0.3 is 14.4 Å². The van der Waals surface area contributed by atoms with E-state index in [1.807, 2.05) is 33.1 Å². The third-order valence-corrected chi connectivity index (χ3v) is 4.17. The van der Waals surface area contributed by atoms with Crippen molar-refractivity contribution in [2.45, 2.75) is 58.7 Å². The molecule has 0 N–H and O–H groups in total. The minimum Gasteiger partial charge on any atom is -0.460 e. The average molecular weight is 340 g/mol. The monoisotopic (exact) mass is 340 g/mol. The van der Waals surface area contributed by atoms with Crippen LogP contribution in [0.4, 0.5) is 4.79 Å². The van der Waals surface area contributed by atoms with Crippen LogP contribution >= 0.6 is 11.3 Å². The summed E-state index contributed by atoms with van der Waals surface area (Å²) >= 11 is 1.58. The van der Waals surface area contributed by atoms with Crippen molar-refractivity contribution in [1.29, 1.82) is 0 Å². The van der Waals surface area contributed by atoms with Crippen molar-refractivity contribution in [3.05, 3.63) is 16.1 Å². The second kappa shape index (κ2) is 7.29. The van der Waals surface area contributed by atoms with E-state index in [1.54, 1.807) is 16.2 Å². The third kappa shape index (κ3) is 5.82. The molecule has 0 aliphatic carbocycles. The van der Waals surface area contributed by atoms with Gasteiger partial charge in [0.2, 0.25) is 0 Å². The second-order valence-corrected chi connectivity index (χ2v) is 7.75. The largest absolute Gasteiger partial charge is 0.460 e. The molecule has 0 radical (unpaired) electrons. The number of rotatable bonds is 4. The van der Waals surface area contributed by atoms with E-state index in [1.165, 1.54) is 0 Å². The molecular weight excluding hydrogens is 316 g/mol. The minimum atomic E-state index is -0.516. The summed E-state index contributed by atoms with van der Waals surface area (Å²) in [5.74, 6) is -0.244. The number of hydrogen-bond acceptors (Lipinski definition) is 6. The van der Waals surface area contributed by atoms with Crippen molar-refractivity contribution in [1.82, 2.24) is 9.88 Å². The van der Waals surface area contributed by atoms with Gasteiger partial charge in [-0.3, -0.25) is 4.79 Å². The van der Waals surface area contributed by atoms with Gasteiger partial charge in [0.15, 0.2) is 0 Å². The summed E-state index contributed by atoms with van der Waals surface area (Å²) < 4.78 is 10.8. The number of aromatic nitrogens is 1. The van der Waals surface area contributed by atoms with E-state index in [-0.39, 0.29) is 18.2 Å². The number of thiazole rings is 1. The van der Waals surface area contributed by atoms with E-state index in [0.29, 0.717) is 32.4 Å². The van der Waals surface area contributed by atoms with Crippen molar-refractivity contribution < 1.29 is 19.1 Å². The van der Waals surface area contributed by atoms with E-state index < -0.39 is 5.60 Å². The Morgan fingerprint density at radius 3 is 2.78 bits per heavy atom. The number of carbonyl (C=O) groups is 2. The summed E-state index contributed by atoms with van der Waals surface area (Å²) in [6.07, 6.45) is 0.958. The van der Waals surface area contributed by atoms with E-state index in [2.05, 4.69) is 4.98 Å². The molecule has 128 valence electrons. The summed E-state index contributed by atoms with van der Waals surface area (Å²) in [6.45, 7) is 8.39. The Bertz CT molecular complexity index is 565. The molecule has 1 fully saturated rings. The van der Waals surface area contributed by atoms with Gasteiger partial charge in [-0.25, -0.2) is 9.78 Å². The van der Waals surface area contributed by atoms with Gasteiger partial charge in [-0.1, -0.05) is 0 Å². The summed E-state index contributed by atoms with van der Waals surface area (Å²) in [5, 5.41) is 2.96. The Morgan fingerprint density at radius 1 is 1.43 bits per heavy atom. The first-order valence-corrected chi connectivity index (χ1v) is 8.69. The van der Waals surface area contributed by atoms with Gasteiger partial charge in [0, 0.05) is 24.8 Å². The van der Waals surface area contributed by atoms with Crippen molar-refractivity contribution in [2.75, 3.05) is 13.1 Å². The first kappa shape index (κ1) is 17.7. The molecule has 2 rings (SSSR count). The number of aryl methyl sites for hydroxylation is 2. The van der Waals surface area contributed by atoms with Gasteiger partial charge in [0.05, 0.1) is 23.7 Å². The van der Waals surface area contributed by atoms with Crippen molar-refractivity contribution in [2.24, 2.45) is 0 Å². The highest BCUT2D eigenvalue weighted by atomic mass is 32.1. The lowest BCUT2D eigenvalue weighted by atomic mass is 10.2. The summed E-state index contributed by atoms with van der Waals surface area (Å²) in [5.41, 5.74) is 0.406. The lowest BCUT2D eigenvalue weighted by Crippen LogP contribution is -2.36. The van der Waals surface area contributed by atoms with E-state index >= 15 is 0 Å². The molecule has 7 heteroatoms. The SMILES string of the molecule is Cc1nc(CCC(=O)O[C@H]2CCN(C(=O)OC(C)(C)C)C2)cs1. The smallest absolute Gasteiger partial charge is 0.410 e.